The first-order valence-corrected chi connectivity index (χ1v) is 13.1. The first-order valence-electron chi connectivity index (χ1n) is 13.1. The van der Waals surface area contributed by atoms with Crippen LogP contribution in [0.1, 0.15) is 32.0 Å². The molecule has 0 aliphatic carbocycles. The second kappa shape index (κ2) is 9.53. The maximum atomic E-state index is 15.7. The molecule has 0 saturated carbocycles. The number of nitriles is 1. The van der Waals surface area contributed by atoms with Crippen LogP contribution in [0.5, 0.6) is 0 Å². The Morgan fingerprint density at radius 3 is 2.30 bits per heavy atom. The van der Waals surface area contributed by atoms with Gasteiger partial charge in [-0.25, -0.2) is 13.9 Å². The largest absolute Gasteiger partial charge is 0.275 e. The van der Waals surface area contributed by atoms with Gasteiger partial charge in [0.25, 0.3) is 17.4 Å². The van der Waals surface area contributed by atoms with Gasteiger partial charge in [0.15, 0.2) is 0 Å². The molecule has 0 bridgehead atoms. The van der Waals surface area contributed by atoms with Crippen LogP contribution in [0.25, 0.3) is 43.9 Å². The van der Waals surface area contributed by atoms with E-state index in [2.05, 4.69) is 21.4 Å². The van der Waals surface area contributed by atoms with E-state index in [9.17, 15) is 19.6 Å². The molecule has 11 heteroatoms. The van der Waals surface area contributed by atoms with Gasteiger partial charge in [0.05, 0.1) is 51.8 Å². The van der Waals surface area contributed by atoms with Gasteiger partial charge in [-0.15, -0.1) is 0 Å². The monoisotopic (exact) mass is 572 g/mol. The fourth-order valence-electron chi connectivity index (χ4n) is 5.71. The average Bonchev–Trinajstić information content (AvgIpc) is 3.50. The summed E-state index contributed by atoms with van der Waals surface area (Å²) in [6, 6.07) is 19.3. The predicted molar refractivity (Wildman–Crippen MR) is 153 cm³/mol. The number of rotatable bonds is 4. The normalized spacial score (nSPS) is 12.7. The van der Waals surface area contributed by atoms with E-state index in [1.54, 1.807) is 43.4 Å². The number of aromatic nitrogens is 4. The maximum absolute atomic E-state index is 15.7. The highest BCUT2D eigenvalue weighted by Crippen LogP contribution is 2.39. The Bertz CT molecular complexity index is 2260. The van der Waals surface area contributed by atoms with Gasteiger partial charge in [-0.2, -0.15) is 15.5 Å². The second-order valence-electron chi connectivity index (χ2n) is 10.1. The number of amides is 2. The number of hydrogen-bond donors (Lipinski definition) is 1. The fourth-order valence-corrected chi connectivity index (χ4v) is 5.71. The molecule has 1 aliphatic rings. The number of carbonyl (C=O) groups excluding carboxylic acids is 2. The number of hydrogen-bond acceptors (Lipinski definition) is 6. The van der Waals surface area contributed by atoms with Crippen LogP contribution in [0, 0.1) is 23.0 Å². The van der Waals surface area contributed by atoms with E-state index in [4.69, 9.17) is 0 Å². The molecule has 0 fully saturated rings. The molecular weight excluding hydrogens is 554 g/mol. The molecule has 3 heterocycles. The van der Waals surface area contributed by atoms with Crippen molar-refractivity contribution in [2.45, 2.75) is 6.54 Å². The molecular formula is C32H18F2N6O3. The van der Waals surface area contributed by atoms with E-state index in [-0.39, 0.29) is 56.5 Å². The minimum atomic E-state index is -0.894. The molecule has 0 unspecified atom stereocenters. The molecule has 1 aliphatic heterocycles. The topological polar surface area (TPSA) is 125 Å². The number of benzene rings is 4. The van der Waals surface area contributed by atoms with Gasteiger partial charge < -0.3 is 0 Å². The van der Waals surface area contributed by atoms with Gasteiger partial charge in [-0.1, -0.05) is 36.4 Å². The zero-order chi connectivity index (χ0) is 30.0. The van der Waals surface area contributed by atoms with Crippen LogP contribution in [0.3, 0.4) is 0 Å². The Labute approximate surface area is 241 Å². The van der Waals surface area contributed by atoms with Crippen LogP contribution in [0.15, 0.2) is 77.7 Å². The van der Waals surface area contributed by atoms with E-state index < -0.39 is 29.0 Å². The summed E-state index contributed by atoms with van der Waals surface area (Å²) < 4.78 is 32.7. The molecule has 1 N–H and O–H groups in total. The predicted octanol–water partition coefficient (Wildman–Crippen LogP) is 5.09. The Kier molecular flexibility index (Phi) is 5.74. The van der Waals surface area contributed by atoms with Crippen molar-refractivity contribution >= 4 is 33.4 Å². The number of nitrogens with zero attached hydrogens (tertiary/aromatic N) is 5. The minimum Gasteiger partial charge on any atom is -0.269 e. The summed E-state index contributed by atoms with van der Waals surface area (Å²) in [5.74, 6) is -2.63. The number of fused-ring (bicyclic) bond motifs is 3. The van der Waals surface area contributed by atoms with E-state index in [1.807, 2.05) is 0 Å². The summed E-state index contributed by atoms with van der Waals surface area (Å²) in [6.07, 6.45) is 1.41. The molecule has 0 radical (unpaired) electrons. The summed E-state index contributed by atoms with van der Waals surface area (Å²) in [4.78, 5) is 39.7. The summed E-state index contributed by atoms with van der Waals surface area (Å²) in [6.45, 7) is -0.333. The van der Waals surface area contributed by atoms with E-state index >= 15 is 8.78 Å². The van der Waals surface area contributed by atoms with Crippen molar-refractivity contribution < 1.29 is 18.4 Å². The number of H-pyrrole nitrogens is 1. The fraction of sp³-hybridized carbons (Fsp3) is 0.0625. The summed E-state index contributed by atoms with van der Waals surface area (Å²) >= 11 is 0. The van der Waals surface area contributed by atoms with Crippen molar-refractivity contribution in [2.75, 3.05) is 0 Å². The van der Waals surface area contributed by atoms with Crippen molar-refractivity contribution in [1.82, 2.24) is 24.9 Å². The van der Waals surface area contributed by atoms with Crippen molar-refractivity contribution in [3.05, 3.63) is 117 Å². The molecule has 208 valence electrons. The SMILES string of the molecule is Cn1ncc(-c2cc(F)c3c(=O)[nH]nc(CN4C(=O)c5ccccc5C4=O)c3c2)c1-c1c(F)cc2ccccc2c1C#N. The number of imide groups is 1. The van der Waals surface area contributed by atoms with Crippen molar-refractivity contribution in [1.29, 1.82) is 5.26 Å². The average molecular weight is 573 g/mol. The van der Waals surface area contributed by atoms with Gasteiger partial charge in [-0.05, 0) is 41.3 Å². The lowest BCUT2D eigenvalue weighted by molar-refractivity contribution is 0.0640. The molecule has 0 atom stereocenters. The van der Waals surface area contributed by atoms with Gasteiger partial charge in [0, 0.05) is 23.4 Å². The summed E-state index contributed by atoms with van der Waals surface area (Å²) in [5.41, 5.74) is 0.560. The molecule has 7 rings (SSSR count). The van der Waals surface area contributed by atoms with E-state index in [0.717, 1.165) is 11.0 Å². The Morgan fingerprint density at radius 1 is 0.884 bits per heavy atom. The maximum Gasteiger partial charge on any atom is 0.275 e. The summed E-state index contributed by atoms with van der Waals surface area (Å²) in [5, 5.41) is 21.5. The molecule has 2 aromatic heterocycles. The van der Waals surface area contributed by atoms with E-state index in [1.165, 1.54) is 35.1 Å². The molecule has 2 amide bonds. The molecule has 43 heavy (non-hydrogen) atoms. The minimum absolute atomic E-state index is 0.00742. The molecule has 0 spiro atoms. The first-order chi connectivity index (χ1) is 20.8. The number of nitrogens with one attached hydrogen (secondary N) is 1. The molecule has 4 aromatic carbocycles. The van der Waals surface area contributed by atoms with Crippen LogP contribution in [0.4, 0.5) is 8.78 Å². The summed E-state index contributed by atoms with van der Waals surface area (Å²) in [7, 11) is 1.58. The van der Waals surface area contributed by atoms with Crippen molar-refractivity contribution in [3.63, 3.8) is 0 Å². The number of halogens is 2. The van der Waals surface area contributed by atoms with Crippen LogP contribution in [-0.4, -0.2) is 36.7 Å². The van der Waals surface area contributed by atoms with Crippen LogP contribution in [0.2, 0.25) is 0 Å². The van der Waals surface area contributed by atoms with Crippen LogP contribution < -0.4 is 5.56 Å². The van der Waals surface area contributed by atoms with Crippen molar-refractivity contribution in [2.24, 2.45) is 7.05 Å². The van der Waals surface area contributed by atoms with Crippen LogP contribution >= 0.6 is 0 Å². The zero-order valence-electron chi connectivity index (χ0n) is 22.4. The Hall–Kier alpha value is -6.02. The van der Waals surface area contributed by atoms with Gasteiger partial charge in [-0.3, -0.25) is 24.0 Å². The zero-order valence-corrected chi connectivity index (χ0v) is 22.4. The standard InChI is InChI=1S/C32H18F2N6O3/c1-39-29(27-22(13-35)18-7-3-2-6-16(18)11-24(27)33)23(14-36-39)17-10-21-26(37-38-30(41)28(21)25(34)12-17)15-40-31(42)19-8-4-5-9-20(19)32(40)43/h2-12,14H,15H2,1H3,(H,38,41). The van der Waals surface area contributed by atoms with Crippen molar-refractivity contribution in [3.8, 4) is 28.5 Å². The third-order valence-corrected chi connectivity index (χ3v) is 7.71. The smallest absolute Gasteiger partial charge is 0.269 e. The van der Waals surface area contributed by atoms with E-state index in [0.29, 0.717) is 16.3 Å². The quantitative estimate of drug-likeness (QED) is 0.294. The van der Waals surface area contributed by atoms with Crippen LogP contribution in [-0.2, 0) is 13.6 Å². The second-order valence-corrected chi connectivity index (χ2v) is 10.1. The Morgan fingerprint density at radius 2 is 1.58 bits per heavy atom. The number of aromatic amines is 1. The molecule has 9 nitrogen and oxygen atoms in total. The highest BCUT2D eigenvalue weighted by molar-refractivity contribution is 6.21. The van der Waals surface area contributed by atoms with Gasteiger partial charge in [0.1, 0.15) is 17.7 Å². The lowest BCUT2D eigenvalue weighted by Gasteiger charge is -2.16. The first kappa shape index (κ1) is 25.9. The number of aryl methyl sites for hydroxylation is 1. The number of carbonyl (C=O) groups is 2. The lowest BCUT2D eigenvalue weighted by atomic mass is 9.93. The third kappa shape index (κ3) is 3.84. The van der Waals surface area contributed by atoms with Gasteiger partial charge in [0.2, 0.25) is 0 Å². The highest BCUT2D eigenvalue weighted by atomic mass is 19.1. The highest BCUT2D eigenvalue weighted by Gasteiger charge is 2.36. The third-order valence-electron chi connectivity index (χ3n) is 7.71. The molecule has 6 aromatic rings. The molecule has 0 saturated heterocycles. The lowest BCUT2D eigenvalue weighted by Crippen LogP contribution is -2.30. The Balaban J connectivity index is 1.41. The van der Waals surface area contributed by atoms with Gasteiger partial charge >= 0.3 is 0 Å².